The van der Waals surface area contributed by atoms with E-state index in [-0.39, 0.29) is 17.9 Å². The lowest BCUT2D eigenvalue weighted by atomic mass is 9.96. The van der Waals surface area contributed by atoms with Crippen LogP contribution in [0.1, 0.15) is 25.7 Å². The van der Waals surface area contributed by atoms with Crippen LogP contribution in [0, 0.1) is 5.92 Å². The molecule has 2 saturated heterocycles. The summed E-state index contributed by atoms with van der Waals surface area (Å²) in [6, 6.07) is 16.3. The number of likely N-dealkylation sites (tertiary alicyclic amines) is 2. The number of amides is 3. The van der Waals surface area contributed by atoms with Crippen LogP contribution in [-0.4, -0.2) is 47.9 Å². The zero-order chi connectivity index (χ0) is 20.9. The minimum absolute atomic E-state index is 0.0376. The Morgan fingerprint density at radius 3 is 1.97 bits per heavy atom. The van der Waals surface area contributed by atoms with Crippen LogP contribution in [0.4, 0.5) is 10.5 Å². The molecule has 0 radical (unpaired) electrons. The highest BCUT2D eigenvalue weighted by Gasteiger charge is 2.30. The molecule has 5 nitrogen and oxygen atoms in total. The molecule has 0 atom stereocenters. The van der Waals surface area contributed by atoms with Crippen LogP contribution in [0.15, 0.2) is 62.8 Å². The Morgan fingerprint density at radius 2 is 1.37 bits per heavy atom. The highest BCUT2D eigenvalue weighted by molar-refractivity contribution is 9.10. The quantitative estimate of drug-likeness (QED) is 0.622. The lowest BCUT2D eigenvalue weighted by molar-refractivity contribution is -0.121. The van der Waals surface area contributed by atoms with E-state index in [2.05, 4.69) is 33.4 Å². The van der Waals surface area contributed by atoms with Crippen LogP contribution < -0.4 is 5.32 Å². The highest BCUT2D eigenvalue weighted by Crippen LogP contribution is 2.30. The van der Waals surface area contributed by atoms with Crippen LogP contribution in [-0.2, 0) is 4.79 Å². The monoisotopic (exact) mass is 487 g/mol. The predicted molar refractivity (Wildman–Crippen MR) is 124 cm³/mol. The molecular formula is C23H26BrN3O2S. The SMILES string of the molecule is O=C(Nc1ccc(Sc2ccc(Br)cc2)cc1)C1CCN(C(=O)N2CCCC2)CC1. The van der Waals surface area contributed by atoms with Gasteiger partial charge in [0.05, 0.1) is 0 Å². The van der Waals surface area contributed by atoms with Crippen molar-refractivity contribution < 1.29 is 9.59 Å². The van der Waals surface area contributed by atoms with E-state index in [4.69, 9.17) is 0 Å². The number of hydrogen-bond acceptors (Lipinski definition) is 3. The van der Waals surface area contributed by atoms with Crippen LogP contribution in [0.3, 0.4) is 0 Å². The van der Waals surface area contributed by atoms with Crippen molar-refractivity contribution in [3.8, 4) is 0 Å². The first kappa shape index (κ1) is 21.2. The van der Waals surface area contributed by atoms with Crippen LogP contribution in [0.2, 0.25) is 0 Å². The number of rotatable bonds is 4. The third-order valence-corrected chi connectivity index (χ3v) is 7.23. The summed E-state index contributed by atoms with van der Waals surface area (Å²) in [6.45, 7) is 3.07. The van der Waals surface area contributed by atoms with Gasteiger partial charge in [-0.25, -0.2) is 4.79 Å². The molecule has 0 unspecified atom stereocenters. The van der Waals surface area contributed by atoms with Gasteiger partial charge in [-0.15, -0.1) is 0 Å². The fourth-order valence-electron chi connectivity index (χ4n) is 3.93. The van der Waals surface area contributed by atoms with E-state index in [0.717, 1.165) is 53.8 Å². The molecule has 4 rings (SSSR count). The van der Waals surface area contributed by atoms with Crippen molar-refractivity contribution in [3.05, 3.63) is 53.0 Å². The first-order valence-corrected chi connectivity index (χ1v) is 12.1. The van der Waals surface area contributed by atoms with E-state index in [0.29, 0.717) is 13.1 Å². The number of nitrogens with one attached hydrogen (secondary N) is 1. The molecule has 0 aromatic heterocycles. The van der Waals surface area contributed by atoms with Crippen molar-refractivity contribution in [1.29, 1.82) is 0 Å². The van der Waals surface area contributed by atoms with Gasteiger partial charge >= 0.3 is 6.03 Å². The normalized spacial score (nSPS) is 17.2. The molecule has 2 aromatic carbocycles. The number of carbonyl (C=O) groups excluding carboxylic acids is 2. The second kappa shape index (κ2) is 9.88. The van der Waals surface area contributed by atoms with Crippen molar-refractivity contribution in [1.82, 2.24) is 9.80 Å². The Bertz CT molecular complexity index is 874. The molecule has 2 aliphatic heterocycles. The molecular weight excluding hydrogens is 462 g/mol. The van der Waals surface area contributed by atoms with Crippen molar-refractivity contribution in [2.75, 3.05) is 31.5 Å². The van der Waals surface area contributed by atoms with Gasteiger partial charge in [0.1, 0.15) is 0 Å². The number of halogens is 1. The number of nitrogens with zero attached hydrogens (tertiary/aromatic N) is 2. The van der Waals surface area contributed by atoms with E-state index in [1.165, 1.54) is 4.90 Å². The van der Waals surface area contributed by atoms with E-state index in [9.17, 15) is 9.59 Å². The molecule has 2 heterocycles. The number of benzene rings is 2. The predicted octanol–water partition coefficient (Wildman–Crippen LogP) is 5.47. The molecule has 3 amide bonds. The Morgan fingerprint density at radius 1 is 0.833 bits per heavy atom. The van der Waals surface area contributed by atoms with Crippen molar-refractivity contribution in [3.63, 3.8) is 0 Å². The highest BCUT2D eigenvalue weighted by atomic mass is 79.9. The van der Waals surface area contributed by atoms with Gasteiger partial charge < -0.3 is 15.1 Å². The molecule has 158 valence electrons. The summed E-state index contributed by atoms with van der Waals surface area (Å²) >= 11 is 5.14. The maximum Gasteiger partial charge on any atom is 0.319 e. The second-order valence-electron chi connectivity index (χ2n) is 7.81. The van der Waals surface area contributed by atoms with Gasteiger partial charge in [0.25, 0.3) is 0 Å². The van der Waals surface area contributed by atoms with Gasteiger partial charge in [-0.3, -0.25) is 4.79 Å². The van der Waals surface area contributed by atoms with Gasteiger partial charge in [0.15, 0.2) is 0 Å². The molecule has 7 heteroatoms. The van der Waals surface area contributed by atoms with E-state index < -0.39 is 0 Å². The minimum Gasteiger partial charge on any atom is -0.326 e. The van der Waals surface area contributed by atoms with E-state index >= 15 is 0 Å². The van der Waals surface area contributed by atoms with Crippen LogP contribution in [0.5, 0.6) is 0 Å². The second-order valence-corrected chi connectivity index (χ2v) is 9.87. The Balaban J connectivity index is 1.26. The van der Waals surface area contributed by atoms with Crippen LogP contribution in [0.25, 0.3) is 0 Å². The Labute approximate surface area is 190 Å². The van der Waals surface area contributed by atoms with Crippen molar-refractivity contribution in [2.24, 2.45) is 5.92 Å². The summed E-state index contributed by atoms with van der Waals surface area (Å²) in [5.41, 5.74) is 0.815. The summed E-state index contributed by atoms with van der Waals surface area (Å²) < 4.78 is 1.07. The van der Waals surface area contributed by atoms with Gasteiger partial charge in [0.2, 0.25) is 5.91 Å². The van der Waals surface area contributed by atoms with Gasteiger partial charge in [-0.05, 0) is 74.2 Å². The Hall–Kier alpha value is -1.99. The summed E-state index contributed by atoms with van der Waals surface area (Å²) in [5.74, 6) is 0.0148. The third-order valence-electron chi connectivity index (χ3n) is 5.68. The van der Waals surface area contributed by atoms with Crippen molar-refractivity contribution in [2.45, 2.75) is 35.5 Å². The van der Waals surface area contributed by atoms with E-state index in [1.54, 1.807) is 11.8 Å². The topological polar surface area (TPSA) is 52.7 Å². The number of hydrogen-bond donors (Lipinski definition) is 1. The largest absolute Gasteiger partial charge is 0.326 e. The average molecular weight is 488 g/mol. The van der Waals surface area contributed by atoms with Gasteiger partial charge in [-0.1, -0.05) is 27.7 Å². The maximum atomic E-state index is 12.7. The molecule has 2 aliphatic rings. The number of anilines is 1. The zero-order valence-corrected chi connectivity index (χ0v) is 19.3. The fraction of sp³-hybridized carbons (Fsp3) is 0.391. The van der Waals surface area contributed by atoms with Gasteiger partial charge in [0, 0.05) is 52.0 Å². The van der Waals surface area contributed by atoms with Gasteiger partial charge in [-0.2, -0.15) is 0 Å². The first-order chi connectivity index (χ1) is 14.6. The van der Waals surface area contributed by atoms with Crippen LogP contribution >= 0.6 is 27.7 Å². The molecule has 0 spiro atoms. The zero-order valence-electron chi connectivity index (χ0n) is 16.9. The third kappa shape index (κ3) is 5.38. The lowest BCUT2D eigenvalue weighted by Gasteiger charge is -2.34. The lowest BCUT2D eigenvalue weighted by Crippen LogP contribution is -2.47. The molecule has 2 aromatic rings. The molecule has 0 bridgehead atoms. The number of urea groups is 1. The molecule has 2 fully saturated rings. The maximum absolute atomic E-state index is 12.7. The molecule has 1 N–H and O–H groups in total. The standard InChI is InChI=1S/C23H26BrN3O2S/c24-18-3-7-20(8-4-18)30-21-9-5-19(6-10-21)25-22(28)17-11-15-27(16-12-17)23(29)26-13-1-2-14-26/h3-10,17H,1-2,11-16H2,(H,25,28). The molecule has 0 aliphatic carbocycles. The molecule has 30 heavy (non-hydrogen) atoms. The van der Waals surface area contributed by atoms with E-state index in [1.807, 2.05) is 46.2 Å². The smallest absolute Gasteiger partial charge is 0.319 e. The van der Waals surface area contributed by atoms with Crippen molar-refractivity contribution >= 4 is 45.3 Å². The fourth-order valence-corrected chi connectivity index (χ4v) is 5.01. The average Bonchev–Trinajstić information content (AvgIpc) is 3.31. The molecule has 0 saturated carbocycles. The number of carbonyl (C=O) groups is 2. The summed E-state index contributed by atoms with van der Waals surface area (Å²) in [4.78, 5) is 31.3. The first-order valence-electron chi connectivity index (χ1n) is 10.5. The summed E-state index contributed by atoms with van der Waals surface area (Å²) in [7, 11) is 0. The summed E-state index contributed by atoms with van der Waals surface area (Å²) in [5, 5.41) is 3.04. The summed E-state index contributed by atoms with van der Waals surface area (Å²) in [6.07, 6.45) is 3.65. The number of piperidine rings is 1. The minimum atomic E-state index is -0.0376. The Kier molecular flexibility index (Phi) is 7.00.